The van der Waals surface area contributed by atoms with E-state index >= 15 is 0 Å². The summed E-state index contributed by atoms with van der Waals surface area (Å²) in [5.41, 5.74) is 37.5. The van der Waals surface area contributed by atoms with E-state index in [0.29, 0.717) is 11.4 Å². The lowest BCUT2D eigenvalue weighted by Gasteiger charge is -2.43. The molecule has 0 fully saturated rings. The number of fused-ring (bicyclic) bond motifs is 4. The molecule has 2 aliphatic rings. The zero-order valence-corrected chi connectivity index (χ0v) is 44.2. The Morgan fingerprint density at radius 1 is 0.371 bits per heavy atom. The van der Waals surface area contributed by atoms with Crippen LogP contribution in [0.3, 0.4) is 0 Å². The van der Waals surface area contributed by atoms with Gasteiger partial charge >= 0.3 is 0 Å². The first-order chi connectivity index (χ1) is 33.4. The second-order valence-corrected chi connectivity index (χ2v) is 20.5. The van der Waals surface area contributed by atoms with Crippen molar-refractivity contribution in [2.75, 3.05) is 9.80 Å². The molecule has 2 aliphatic heterocycles. The van der Waals surface area contributed by atoms with Crippen LogP contribution in [0.15, 0.2) is 78.9 Å². The van der Waals surface area contributed by atoms with Crippen LogP contribution in [0.25, 0.3) is 33.9 Å². The molecule has 350 valence electrons. The minimum atomic E-state index is 0.575. The van der Waals surface area contributed by atoms with Crippen molar-refractivity contribution in [2.24, 2.45) is 0 Å². The first-order valence-electron chi connectivity index (χ1n) is 24.9. The van der Waals surface area contributed by atoms with E-state index in [1.54, 1.807) is 0 Å². The van der Waals surface area contributed by atoms with E-state index in [4.69, 9.17) is 9.97 Å². The van der Waals surface area contributed by atoms with Gasteiger partial charge in [0.2, 0.25) is 0 Å². The standard InChI is InChI=1S/C65H65N5/c1-33-37(5)45(13)61-52(41(33)9)29-53-42(10)34(2)38(6)46(14)62(53)69(61)58-27-49(32-66)28-59(60(58)65-67-56(50-23-19-17-20-24-50)31-57(68-65)51-25-21-18-22-26-51)70-63-47(15)39(7)35(3)43(11)54(63)30-55-44(12)36(4)40(8)48(16)64(55)70/h17-28,31H,29-30H2,1-16H3. The monoisotopic (exact) mass is 916 g/mol. The van der Waals surface area contributed by atoms with Gasteiger partial charge < -0.3 is 9.80 Å². The molecule has 70 heavy (non-hydrogen) atoms. The third-order valence-electron chi connectivity index (χ3n) is 17.5. The smallest absolute Gasteiger partial charge is 0.164 e. The van der Waals surface area contributed by atoms with Gasteiger partial charge in [-0.3, -0.25) is 0 Å². The van der Waals surface area contributed by atoms with Gasteiger partial charge in [0.1, 0.15) is 0 Å². The molecule has 0 N–H and O–H groups in total. The van der Waals surface area contributed by atoms with Crippen LogP contribution in [-0.2, 0) is 12.8 Å². The quantitative estimate of drug-likeness (QED) is 0.172. The first-order valence-corrected chi connectivity index (χ1v) is 24.9. The molecule has 5 nitrogen and oxygen atoms in total. The van der Waals surface area contributed by atoms with E-state index in [0.717, 1.165) is 52.3 Å². The third kappa shape index (κ3) is 6.78. The molecule has 0 amide bonds. The number of anilines is 6. The van der Waals surface area contributed by atoms with Crippen LogP contribution in [0.2, 0.25) is 0 Å². The Balaban J connectivity index is 1.48. The fourth-order valence-corrected chi connectivity index (χ4v) is 11.9. The number of rotatable bonds is 5. The van der Waals surface area contributed by atoms with E-state index in [1.807, 2.05) is 0 Å². The largest absolute Gasteiger partial charge is 0.308 e. The van der Waals surface area contributed by atoms with E-state index in [2.05, 4.69) is 206 Å². The Morgan fingerprint density at radius 2 is 0.657 bits per heavy atom. The Kier molecular flexibility index (Phi) is 11.3. The van der Waals surface area contributed by atoms with Gasteiger partial charge in [0.05, 0.1) is 62.7 Å². The lowest BCUT2D eigenvalue weighted by atomic mass is 9.79. The fraction of sp³-hybridized carbons (Fsp3) is 0.277. The van der Waals surface area contributed by atoms with Gasteiger partial charge in [0.15, 0.2) is 5.82 Å². The van der Waals surface area contributed by atoms with Gasteiger partial charge in [-0.1, -0.05) is 60.7 Å². The number of hydrogen-bond acceptors (Lipinski definition) is 5. The van der Waals surface area contributed by atoms with E-state index in [9.17, 15) is 5.26 Å². The molecule has 1 aromatic heterocycles. The molecule has 0 spiro atoms. The Hall–Kier alpha value is -7.29. The molecule has 0 saturated carbocycles. The highest BCUT2D eigenvalue weighted by Crippen LogP contribution is 2.58. The summed E-state index contributed by atoms with van der Waals surface area (Å²) >= 11 is 0. The SMILES string of the molecule is Cc1c(C)c(C)c2c(c1C)Cc1c(C)c(C)c(C)c(C)c1N2c1cc(C#N)cc(N2c3c(C)c(C)c(C)c(C)c3Cc3c(C)c(C)c(C)c(C)c32)c1-c1nc(-c2ccccc2)cc(-c2ccccc2)n1. The normalized spacial score (nSPS) is 12.7. The van der Waals surface area contributed by atoms with Gasteiger partial charge in [0.25, 0.3) is 0 Å². The van der Waals surface area contributed by atoms with Gasteiger partial charge in [-0.05, 0) is 240 Å². The molecular weight excluding hydrogens is 851 g/mol. The number of nitrogens with zero attached hydrogens (tertiary/aromatic N) is 5. The molecule has 3 heterocycles. The number of benzene rings is 7. The Labute approximate surface area is 416 Å². The zero-order valence-electron chi connectivity index (χ0n) is 44.2. The van der Waals surface area contributed by atoms with Crippen LogP contribution in [0.1, 0.15) is 117 Å². The highest BCUT2D eigenvalue weighted by Gasteiger charge is 2.39. The highest BCUT2D eigenvalue weighted by molar-refractivity contribution is 6.03. The topological polar surface area (TPSA) is 56.1 Å². The lowest BCUT2D eigenvalue weighted by Crippen LogP contribution is -2.27. The summed E-state index contributed by atoms with van der Waals surface area (Å²) in [6, 6.07) is 30.1. The van der Waals surface area contributed by atoms with E-state index < -0.39 is 0 Å². The average Bonchev–Trinajstić information content (AvgIpc) is 3.39. The minimum absolute atomic E-state index is 0.575. The Morgan fingerprint density at radius 3 is 0.943 bits per heavy atom. The van der Waals surface area contributed by atoms with Crippen molar-refractivity contribution in [3.63, 3.8) is 0 Å². The predicted molar refractivity (Wildman–Crippen MR) is 294 cm³/mol. The molecule has 8 aromatic rings. The van der Waals surface area contributed by atoms with Crippen molar-refractivity contribution in [2.45, 2.75) is 124 Å². The number of aromatic nitrogens is 2. The maximum Gasteiger partial charge on any atom is 0.164 e. The van der Waals surface area contributed by atoms with Crippen LogP contribution in [-0.4, -0.2) is 9.97 Å². The van der Waals surface area contributed by atoms with Gasteiger partial charge in [-0.25, -0.2) is 9.97 Å². The summed E-state index contributed by atoms with van der Waals surface area (Å²) in [6.07, 6.45) is 1.64. The van der Waals surface area contributed by atoms with Crippen molar-refractivity contribution >= 4 is 34.1 Å². The number of nitriles is 1. The van der Waals surface area contributed by atoms with E-state index in [-0.39, 0.29) is 0 Å². The Bertz CT molecular complexity index is 3240. The summed E-state index contributed by atoms with van der Waals surface area (Å²) in [7, 11) is 0. The highest BCUT2D eigenvalue weighted by atomic mass is 15.2. The molecule has 5 heteroatoms. The maximum absolute atomic E-state index is 11.5. The molecular formula is C65H65N5. The molecule has 10 rings (SSSR count). The van der Waals surface area contributed by atoms with Crippen molar-refractivity contribution in [1.82, 2.24) is 9.97 Å². The van der Waals surface area contributed by atoms with E-state index in [1.165, 1.54) is 134 Å². The second-order valence-electron chi connectivity index (χ2n) is 20.5. The first kappa shape index (κ1) is 46.4. The molecule has 0 radical (unpaired) electrons. The summed E-state index contributed by atoms with van der Waals surface area (Å²) in [5, 5.41) is 11.5. The van der Waals surface area contributed by atoms with Crippen LogP contribution in [0.5, 0.6) is 0 Å². The zero-order chi connectivity index (χ0) is 49.9. The average molecular weight is 916 g/mol. The van der Waals surface area contributed by atoms with Crippen molar-refractivity contribution < 1.29 is 0 Å². The van der Waals surface area contributed by atoms with Crippen molar-refractivity contribution in [1.29, 1.82) is 5.26 Å². The van der Waals surface area contributed by atoms with Crippen LogP contribution < -0.4 is 9.80 Å². The molecule has 0 unspecified atom stereocenters. The van der Waals surface area contributed by atoms with Crippen LogP contribution >= 0.6 is 0 Å². The second kappa shape index (κ2) is 17.0. The van der Waals surface area contributed by atoms with Gasteiger partial charge in [0, 0.05) is 24.0 Å². The molecule has 0 saturated heterocycles. The third-order valence-corrected chi connectivity index (χ3v) is 17.5. The summed E-state index contributed by atoms with van der Waals surface area (Å²) in [5.74, 6) is 0.602. The minimum Gasteiger partial charge on any atom is -0.308 e. The maximum atomic E-state index is 11.5. The van der Waals surface area contributed by atoms with Crippen LogP contribution in [0, 0.1) is 122 Å². The lowest BCUT2D eigenvalue weighted by molar-refractivity contribution is 0.988. The molecule has 0 bridgehead atoms. The summed E-state index contributed by atoms with van der Waals surface area (Å²) in [6.45, 7) is 36.6. The summed E-state index contributed by atoms with van der Waals surface area (Å²) in [4.78, 5) is 16.5. The molecule has 7 aromatic carbocycles. The molecule has 0 aliphatic carbocycles. The van der Waals surface area contributed by atoms with Crippen molar-refractivity contribution in [3.8, 4) is 40.0 Å². The number of hydrogen-bond donors (Lipinski definition) is 0. The van der Waals surface area contributed by atoms with Gasteiger partial charge in [-0.15, -0.1) is 0 Å². The van der Waals surface area contributed by atoms with Crippen LogP contribution in [0.4, 0.5) is 34.1 Å². The predicted octanol–water partition coefficient (Wildman–Crippen LogP) is 17.0. The fourth-order valence-electron chi connectivity index (χ4n) is 11.9. The van der Waals surface area contributed by atoms with Crippen molar-refractivity contribution in [3.05, 3.63) is 196 Å². The van der Waals surface area contributed by atoms with Gasteiger partial charge in [-0.2, -0.15) is 5.26 Å². The summed E-state index contributed by atoms with van der Waals surface area (Å²) < 4.78 is 0. The molecule has 0 atom stereocenters.